The number of hydrogen-bond acceptors (Lipinski definition) is 5. The normalized spacial score (nSPS) is 11.9. The number of nitrogens with one attached hydrogen (secondary N) is 1. The number of hydrogen-bond donors (Lipinski definition) is 2. The van der Waals surface area contributed by atoms with E-state index in [0.717, 1.165) is 25.3 Å². The average Bonchev–Trinajstić information content (AvgIpc) is 3.15. The molecule has 30 heavy (non-hydrogen) atoms. The summed E-state index contributed by atoms with van der Waals surface area (Å²) < 4.78 is 50.5. The van der Waals surface area contributed by atoms with Crippen molar-refractivity contribution in [3.8, 4) is 17.1 Å². The predicted molar refractivity (Wildman–Crippen MR) is 111 cm³/mol. The highest BCUT2D eigenvalue weighted by atomic mass is 19.4. The van der Waals surface area contributed by atoms with Crippen LogP contribution in [0.3, 0.4) is 0 Å². The first kappa shape index (κ1) is 25.2. The standard InChI is InChI=1S/C19H23F3N2O2.C2H6N2/c1-4-6-8-13(3)18-23-17(24-26-18)14-9-10-16(25-11-7-5-2)15(12-14)19(20,21)22;1-2(3)4/h5,9-10,12-13H,2,4,6-8,11H2,1,3H3;1H3,(H3,3,4)/t13-;/m0./s1. The van der Waals surface area contributed by atoms with Gasteiger partial charge in [-0.1, -0.05) is 37.9 Å². The highest BCUT2D eigenvalue weighted by Gasteiger charge is 2.35. The van der Waals surface area contributed by atoms with Crippen molar-refractivity contribution < 1.29 is 22.4 Å². The van der Waals surface area contributed by atoms with Gasteiger partial charge in [-0.2, -0.15) is 18.2 Å². The Balaban J connectivity index is 0.00000103. The molecule has 0 saturated heterocycles. The quantitative estimate of drug-likeness (QED) is 0.224. The van der Waals surface area contributed by atoms with Gasteiger partial charge in [0.15, 0.2) is 0 Å². The van der Waals surface area contributed by atoms with Crippen molar-refractivity contribution in [3.05, 3.63) is 42.3 Å². The molecule has 2 rings (SSSR count). The summed E-state index contributed by atoms with van der Waals surface area (Å²) in [7, 11) is 0. The number of amidine groups is 1. The average molecular weight is 426 g/mol. The molecule has 0 saturated carbocycles. The molecule has 9 heteroatoms. The van der Waals surface area contributed by atoms with E-state index in [9.17, 15) is 13.2 Å². The van der Waals surface area contributed by atoms with Crippen LogP contribution < -0.4 is 10.5 Å². The first-order valence-electron chi connectivity index (χ1n) is 9.69. The molecule has 1 aromatic carbocycles. The van der Waals surface area contributed by atoms with Crippen LogP contribution in [-0.4, -0.2) is 22.6 Å². The van der Waals surface area contributed by atoms with Crippen LogP contribution in [0.2, 0.25) is 0 Å². The fourth-order valence-corrected chi connectivity index (χ4v) is 2.46. The van der Waals surface area contributed by atoms with E-state index >= 15 is 0 Å². The van der Waals surface area contributed by atoms with E-state index in [-0.39, 0.29) is 35.5 Å². The van der Waals surface area contributed by atoms with Crippen molar-refractivity contribution in [2.75, 3.05) is 6.61 Å². The molecule has 0 aliphatic carbocycles. The molecule has 0 amide bonds. The predicted octanol–water partition coefficient (Wildman–Crippen LogP) is 5.95. The largest absolute Gasteiger partial charge is 0.493 e. The molecule has 0 aliphatic heterocycles. The number of aromatic nitrogens is 2. The van der Waals surface area contributed by atoms with Crippen molar-refractivity contribution in [2.45, 2.75) is 58.5 Å². The van der Waals surface area contributed by atoms with Gasteiger partial charge >= 0.3 is 6.18 Å². The lowest BCUT2D eigenvalue weighted by molar-refractivity contribution is -0.138. The van der Waals surface area contributed by atoms with Crippen molar-refractivity contribution >= 4 is 5.84 Å². The molecule has 0 fully saturated rings. The molecule has 0 unspecified atom stereocenters. The molecule has 1 aromatic heterocycles. The molecule has 1 atom stereocenters. The Morgan fingerprint density at radius 2 is 2.07 bits per heavy atom. The van der Waals surface area contributed by atoms with Gasteiger partial charge in [-0.3, -0.25) is 5.41 Å². The Morgan fingerprint density at radius 3 is 2.63 bits per heavy atom. The number of benzene rings is 1. The fraction of sp³-hybridized carbons (Fsp3) is 0.476. The Morgan fingerprint density at radius 1 is 1.40 bits per heavy atom. The maximum Gasteiger partial charge on any atom is 0.419 e. The smallest absolute Gasteiger partial charge is 0.419 e. The Kier molecular flexibility index (Phi) is 10.1. The number of ether oxygens (including phenoxy) is 1. The van der Waals surface area contributed by atoms with Gasteiger partial charge in [-0.15, -0.1) is 6.58 Å². The third kappa shape index (κ3) is 8.26. The monoisotopic (exact) mass is 426 g/mol. The minimum atomic E-state index is -4.54. The highest BCUT2D eigenvalue weighted by molar-refractivity contribution is 5.73. The molecule has 2 aromatic rings. The summed E-state index contributed by atoms with van der Waals surface area (Å²) >= 11 is 0. The van der Waals surface area contributed by atoms with E-state index in [1.54, 1.807) is 6.08 Å². The van der Waals surface area contributed by atoms with Crippen LogP contribution in [-0.2, 0) is 6.18 Å². The van der Waals surface area contributed by atoms with Gasteiger partial charge in [0, 0.05) is 11.5 Å². The molecule has 0 aliphatic rings. The van der Waals surface area contributed by atoms with Crippen LogP contribution in [0.5, 0.6) is 5.75 Å². The molecule has 0 bridgehead atoms. The molecule has 0 spiro atoms. The summed E-state index contributed by atoms with van der Waals surface area (Å²) in [5, 5.41) is 10.1. The molecule has 0 radical (unpaired) electrons. The summed E-state index contributed by atoms with van der Waals surface area (Å²) in [4.78, 5) is 4.26. The Bertz CT molecular complexity index is 815. The number of rotatable bonds is 9. The van der Waals surface area contributed by atoms with Gasteiger partial charge in [0.05, 0.1) is 18.0 Å². The topological polar surface area (TPSA) is 98.0 Å². The Hall–Kier alpha value is -2.84. The van der Waals surface area contributed by atoms with Gasteiger partial charge in [0.1, 0.15) is 5.75 Å². The summed E-state index contributed by atoms with van der Waals surface area (Å²) in [6, 6.07) is 3.79. The Labute approximate surface area is 174 Å². The first-order chi connectivity index (χ1) is 14.1. The van der Waals surface area contributed by atoms with E-state index in [1.807, 2.05) is 6.92 Å². The maximum atomic E-state index is 13.4. The van der Waals surface area contributed by atoms with Crippen LogP contribution in [0.4, 0.5) is 13.2 Å². The van der Waals surface area contributed by atoms with Crippen molar-refractivity contribution in [1.29, 1.82) is 5.41 Å². The first-order valence-corrected chi connectivity index (χ1v) is 9.69. The summed E-state index contributed by atoms with van der Waals surface area (Å²) in [5.74, 6) is 0.600. The fourth-order valence-electron chi connectivity index (χ4n) is 2.46. The summed E-state index contributed by atoms with van der Waals surface area (Å²) in [6.07, 6.45) is 0.467. The number of nitrogens with two attached hydrogens (primary N) is 1. The van der Waals surface area contributed by atoms with E-state index in [1.165, 1.54) is 19.1 Å². The third-order valence-electron chi connectivity index (χ3n) is 3.98. The van der Waals surface area contributed by atoms with Crippen LogP contribution in [0.1, 0.15) is 63.8 Å². The second-order valence-electron chi connectivity index (χ2n) is 6.82. The maximum absolute atomic E-state index is 13.4. The van der Waals surface area contributed by atoms with Gasteiger partial charge in [-0.25, -0.2) is 0 Å². The zero-order valence-corrected chi connectivity index (χ0v) is 17.6. The van der Waals surface area contributed by atoms with Crippen LogP contribution in [0.25, 0.3) is 11.4 Å². The number of halogens is 3. The third-order valence-corrected chi connectivity index (χ3v) is 3.98. The highest BCUT2D eigenvalue weighted by Crippen LogP contribution is 2.38. The van der Waals surface area contributed by atoms with Gasteiger partial charge < -0.3 is 15.0 Å². The van der Waals surface area contributed by atoms with Crippen LogP contribution in [0.15, 0.2) is 35.4 Å². The van der Waals surface area contributed by atoms with Gasteiger partial charge in [0.2, 0.25) is 11.7 Å². The minimum absolute atomic E-state index is 0.0693. The van der Waals surface area contributed by atoms with Crippen LogP contribution in [0, 0.1) is 5.41 Å². The molecular weight excluding hydrogens is 397 g/mol. The minimum Gasteiger partial charge on any atom is -0.493 e. The molecule has 3 N–H and O–H groups in total. The lowest BCUT2D eigenvalue weighted by Crippen LogP contribution is -2.09. The van der Waals surface area contributed by atoms with Crippen molar-refractivity contribution in [2.24, 2.45) is 5.73 Å². The van der Waals surface area contributed by atoms with Crippen LogP contribution >= 0.6 is 0 Å². The number of alkyl halides is 3. The molecule has 1 heterocycles. The molecular formula is C21H29F3N4O2. The molecule has 6 nitrogen and oxygen atoms in total. The lowest BCUT2D eigenvalue weighted by atomic mass is 10.0. The number of unbranched alkanes of at least 4 members (excludes halogenated alkanes) is 1. The van der Waals surface area contributed by atoms with Crippen molar-refractivity contribution in [3.63, 3.8) is 0 Å². The van der Waals surface area contributed by atoms with Gasteiger partial charge in [-0.05, 0) is 38.0 Å². The summed E-state index contributed by atoms with van der Waals surface area (Å²) in [5.41, 5.74) is 4.08. The summed E-state index contributed by atoms with van der Waals surface area (Å²) in [6.45, 7) is 9.23. The SMILES string of the molecule is C=CCCOc1ccc(-c2noc([C@@H](C)CCCC)n2)cc1C(F)(F)F.CC(=N)N. The van der Waals surface area contributed by atoms with E-state index in [4.69, 9.17) is 20.4 Å². The lowest BCUT2D eigenvalue weighted by Gasteiger charge is -2.14. The molecule has 166 valence electrons. The van der Waals surface area contributed by atoms with Gasteiger partial charge in [0.25, 0.3) is 0 Å². The van der Waals surface area contributed by atoms with E-state index in [2.05, 4.69) is 23.6 Å². The second-order valence-corrected chi connectivity index (χ2v) is 6.82. The second kappa shape index (κ2) is 12.0. The van der Waals surface area contributed by atoms with E-state index in [0.29, 0.717) is 12.3 Å². The van der Waals surface area contributed by atoms with E-state index < -0.39 is 11.7 Å². The zero-order chi connectivity index (χ0) is 22.7. The number of nitrogens with zero attached hydrogens (tertiary/aromatic N) is 2. The van der Waals surface area contributed by atoms with Crippen molar-refractivity contribution in [1.82, 2.24) is 10.1 Å². The zero-order valence-electron chi connectivity index (χ0n) is 17.6.